The van der Waals surface area contributed by atoms with Crippen molar-refractivity contribution in [2.75, 3.05) is 26.2 Å². The van der Waals surface area contributed by atoms with Gasteiger partial charge < -0.3 is 4.90 Å². The van der Waals surface area contributed by atoms with Crippen LogP contribution >= 0.6 is 0 Å². The Balaban J connectivity index is 1.56. The second-order valence-corrected chi connectivity index (χ2v) is 9.63. The quantitative estimate of drug-likeness (QED) is 0.729. The number of sulfonamides is 1. The average Bonchev–Trinajstić information content (AvgIpc) is 2.74. The zero-order valence-electron chi connectivity index (χ0n) is 17.5. The van der Waals surface area contributed by atoms with Crippen LogP contribution in [0.25, 0.3) is 0 Å². The van der Waals surface area contributed by atoms with Gasteiger partial charge >= 0.3 is 0 Å². The van der Waals surface area contributed by atoms with Crippen molar-refractivity contribution in [2.24, 2.45) is 0 Å². The number of hydrogen-bond acceptors (Lipinski definition) is 3. The fraction of sp³-hybridized carbons (Fsp3) is 0.435. The molecule has 1 fully saturated rings. The lowest BCUT2D eigenvalue weighted by Crippen LogP contribution is -2.50. The first-order valence-electron chi connectivity index (χ1n) is 10.2. The van der Waals surface area contributed by atoms with Crippen LogP contribution in [0.1, 0.15) is 35.6 Å². The van der Waals surface area contributed by atoms with E-state index in [1.54, 1.807) is 11.0 Å². The summed E-state index contributed by atoms with van der Waals surface area (Å²) in [6.07, 6.45) is 2.17. The lowest BCUT2D eigenvalue weighted by Gasteiger charge is -2.34. The van der Waals surface area contributed by atoms with E-state index in [1.165, 1.54) is 9.87 Å². The van der Waals surface area contributed by atoms with Crippen molar-refractivity contribution in [2.45, 2.75) is 44.9 Å². The minimum absolute atomic E-state index is 0.0911. The Bertz CT molecular complexity index is 960. The molecule has 5 nitrogen and oxygen atoms in total. The SMILES string of the molecule is CCc1ccc(CCC(=O)N2CCN(S(=O)(=O)c3cc(C)ccc3C)CC2)cc1. The van der Waals surface area contributed by atoms with Crippen molar-refractivity contribution >= 4 is 15.9 Å². The minimum Gasteiger partial charge on any atom is -0.340 e. The normalized spacial score (nSPS) is 15.5. The lowest BCUT2D eigenvalue weighted by atomic mass is 10.1. The van der Waals surface area contributed by atoms with Crippen LogP contribution in [0.3, 0.4) is 0 Å². The van der Waals surface area contributed by atoms with Gasteiger partial charge in [0.2, 0.25) is 15.9 Å². The summed E-state index contributed by atoms with van der Waals surface area (Å²) in [6, 6.07) is 13.9. The number of carbonyl (C=O) groups is 1. The molecule has 0 spiro atoms. The Morgan fingerprint density at radius 3 is 2.17 bits per heavy atom. The smallest absolute Gasteiger partial charge is 0.243 e. The van der Waals surface area contributed by atoms with Crippen LogP contribution in [-0.2, 0) is 27.7 Å². The Hall–Kier alpha value is -2.18. The number of nitrogens with zero attached hydrogens (tertiary/aromatic N) is 2. The molecule has 0 bridgehead atoms. The van der Waals surface area contributed by atoms with E-state index < -0.39 is 10.0 Å². The van der Waals surface area contributed by atoms with Gasteiger partial charge in [0.05, 0.1) is 4.90 Å². The Morgan fingerprint density at radius 1 is 0.931 bits per heavy atom. The third-order valence-corrected chi connectivity index (χ3v) is 7.65. The molecule has 1 aliphatic rings. The topological polar surface area (TPSA) is 57.7 Å². The van der Waals surface area contributed by atoms with Gasteiger partial charge in [-0.3, -0.25) is 4.79 Å². The molecule has 0 unspecified atom stereocenters. The summed E-state index contributed by atoms with van der Waals surface area (Å²) in [7, 11) is -3.53. The molecule has 0 atom stereocenters. The molecule has 156 valence electrons. The highest BCUT2D eigenvalue weighted by molar-refractivity contribution is 7.89. The Kier molecular flexibility index (Phi) is 6.75. The van der Waals surface area contributed by atoms with Crippen LogP contribution in [0.5, 0.6) is 0 Å². The maximum Gasteiger partial charge on any atom is 0.243 e. The number of hydrogen-bond donors (Lipinski definition) is 0. The van der Waals surface area contributed by atoms with Gasteiger partial charge in [-0.1, -0.05) is 43.3 Å². The molecule has 3 rings (SSSR count). The van der Waals surface area contributed by atoms with Crippen LogP contribution in [0.4, 0.5) is 0 Å². The van der Waals surface area contributed by atoms with Crippen molar-refractivity contribution in [3.05, 3.63) is 64.7 Å². The Labute approximate surface area is 174 Å². The largest absolute Gasteiger partial charge is 0.340 e. The van der Waals surface area contributed by atoms with Crippen molar-refractivity contribution in [3.8, 4) is 0 Å². The fourth-order valence-electron chi connectivity index (χ4n) is 3.65. The predicted molar refractivity (Wildman–Crippen MR) is 115 cm³/mol. The highest BCUT2D eigenvalue weighted by Gasteiger charge is 2.30. The molecule has 1 amide bonds. The van der Waals surface area contributed by atoms with Crippen LogP contribution < -0.4 is 0 Å². The van der Waals surface area contributed by atoms with E-state index in [2.05, 4.69) is 31.2 Å². The van der Waals surface area contributed by atoms with E-state index in [9.17, 15) is 13.2 Å². The molecule has 1 aliphatic heterocycles. The molecule has 0 aliphatic carbocycles. The number of rotatable bonds is 6. The zero-order valence-corrected chi connectivity index (χ0v) is 18.3. The molecular formula is C23H30N2O3S. The van der Waals surface area contributed by atoms with Gasteiger partial charge in [0.25, 0.3) is 0 Å². The highest BCUT2D eigenvalue weighted by Crippen LogP contribution is 2.22. The maximum atomic E-state index is 13.0. The van der Waals surface area contributed by atoms with Gasteiger partial charge in [-0.2, -0.15) is 4.31 Å². The first kappa shape index (κ1) is 21.5. The molecular weight excluding hydrogens is 384 g/mol. The molecule has 0 radical (unpaired) electrons. The third kappa shape index (κ3) is 5.06. The van der Waals surface area contributed by atoms with E-state index in [4.69, 9.17) is 0 Å². The summed E-state index contributed by atoms with van der Waals surface area (Å²) < 4.78 is 27.5. The first-order valence-corrected chi connectivity index (χ1v) is 11.7. The van der Waals surface area contributed by atoms with Crippen LogP contribution in [0.15, 0.2) is 47.4 Å². The van der Waals surface area contributed by atoms with Gasteiger partial charge in [0.15, 0.2) is 0 Å². The summed E-state index contributed by atoms with van der Waals surface area (Å²) in [5, 5.41) is 0. The number of aryl methyl sites for hydroxylation is 4. The molecule has 0 aromatic heterocycles. The van der Waals surface area contributed by atoms with Crippen molar-refractivity contribution in [1.82, 2.24) is 9.21 Å². The predicted octanol–water partition coefficient (Wildman–Crippen LogP) is 3.33. The Morgan fingerprint density at radius 2 is 1.55 bits per heavy atom. The number of piperazine rings is 1. The van der Waals surface area contributed by atoms with E-state index >= 15 is 0 Å². The molecule has 2 aromatic rings. The average molecular weight is 415 g/mol. The third-order valence-electron chi connectivity index (χ3n) is 5.61. The van der Waals surface area contributed by atoms with Gasteiger partial charge in [0.1, 0.15) is 0 Å². The van der Waals surface area contributed by atoms with Crippen LogP contribution in [-0.4, -0.2) is 49.7 Å². The summed E-state index contributed by atoms with van der Waals surface area (Å²) in [4.78, 5) is 14.7. The molecule has 6 heteroatoms. The summed E-state index contributed by atoms with van der Waals surface area (Å²) in [5.41, 5.74) is 4.13. The number of amides is 1. The van der Waals surface area contributed by atoms with E-state index in [1.807, 2.05) is 26.0 Å². The molecule has 0 N–H and O–H groups in total. The highest BCUT2D eigenvalue weighted by atomic mass is 32.2. The second kappa shape index (κ2) is 9.09. The van der Waals surface area contributed by atoms with E-state index in [0.717, 1.165) is 23.1 Å². The fourth-order valence-corrected chi connectivity index (χ4v) is 5.39. The van der Waals surface area contributed by atoms with E-state index in [0.29, 0.717) is 43.9 Å². The van der Waals surface area contributed by atoms with E-state index in [-0.39, 0.29) is 5.91 Å². The molecule has 29 heavy (non-hydrogen) atoms. The van der Waals surface area contributed by atoms with Gasteiger partial charge in [-0.25, -0.2) is 8.42 Å². The monoisotopic (exact) mass is 414 g/mol. The van der Waals surface area contributed by atoms with Crippen molar-refractivity contribution in [3.63, 3.8) is 0 Å². The molecule has 1 saturated heterocycles. The molecule has 0 saturated carbocycles. The summed E-state index contributed by atoms with van der Waals surface area (Å²) >= 11 is 0. The summed E-state index contributed by atoms with van der Waals surface area (Å²) in [5.74, 6) is 0.0911. The zero-order chi connectivity index (χ0) is 21.0. The molecule has 1 heterocycles. The number of benzene rings is 2. The standard InChI is InChI=1S/C23H30N2O3S/c1-4-20-7-9-21(10-8-20)11-12-23(26)24-13-15-25(16-14-24)29(27,28)22-17-18(2)5-6-19(22)3/h5-10,17H,4,11-16H2,1-3H3. The summed E-state index contributed by atoms with van der Waals surface area (Å²) in [6.45, 7) is 7.40. The van der Waals surface area contributed by atoms with Crippen molar-refractivity contribution < 1.29 is 13.2 Å². The number of carbonyl (C=O) groups excluding carboxylic acids is 1. The van der Waals surface area contributed by atoms with Gasteiger partial charge in [-0.05, 0) is 55.0 Å². The van der Waals surface area contributed by atoms with Crippen LogP contribution in [0, 0.1) is 13.8 Å². The maximum absolute atomic E-state index is 13.0. The minimum atomic E-state index is -3.53. The second-order valence-electron chi connectivity index (χ2n) is 7.72. The van der Waals surface area contributed by atoms with Gasteiger partial charge in [0, 0.05) is 32.6 Å². The first-order chi connectivity index (χ1) is 13.8. The van der Waals surface area contributed by atoms with Crippen LogP contribution in [0.2, 0.25) is 0 Å². The van der Waals surface area contributed by atoms with Gasteiger partial charge in [-0.15, -0.1) is 0 Å². The molecule has 2 aromatic carbocycles. The lowest BCUT2D eigenvalue weighted by molar-refractivity contribution is -0.132. The van der Waals surface area contributed by atoms with Crippen molar-refractivity contribution in [1.29, 1.82) is 0 Å².